The number of sulfone groups is 1. The second kappa shape index (κ2) is 8.53. The Morgan fingerprint density at radius 1 is 1.09 bits per heavy atom. The summed E-state index contributed by atoms with van der Waals surface area (Å²) < 4.78 is 28.7. The molecule has 0 aliphatic carbocycles. The first kappa shape index (κ1) is 22.0. The van der Waals surface area contributed by atoms with Crippen molar-refractivity contribution in [2.24, 2.45) is 4.99 Å². The molecular weight excluding hydrogens is 464 g/mol. The van der Waals surface area contributed by atoms with Gasteiger partial charge in [-0.25, -0.2) is 8.42 Å². The lowest BCUT2D eigenvalue weighted by molar-refractivity contribution is 0.0518. The van der Waals surface area contributed by atoms with E-state index in [1.54, 1.807) is 28.0 Å². The van der Waals surface area contributed by atoms with Gasteiger partial charge in [0.1, 0.15) is 0 Å². The number of aryl methyl sites for hydroxylation is 1. The number of amides is 2. The summed E-state index contributed by atoms with van der Waals surface area (Å²) >= 11 is 1.45. The quantitative estimate of drug-likeness (QED) is 0.702. The number of hydrogen-bond acceptors (Lipinski definition) is 8. The fraction of sp³-hybridized carbons (Fsp3) is 0.409. The summed E-state index contributed by atoms with van der Waals surface area (Å²) in [4.78, 5) is 33.5. The maximum atomic E-state index is 13.1. The first-order valence-electron chi connectivity index (χ1n) is 10.7. The lowest BCUT2D eigenvalue weighted by Crippen LogP contribution is -2.50. The van der Waals surface area contributed by atoms with Crippen LogP contribution in [0.3, 0.4) is 0 Å². The topological polar surface area (TPSA) is 112 Å². The molecule has 2 atom stereocenters. The number of carbonyl (C=O) groups is 2. The third-order valence-electron chi connectivity index (χ3n) is 6.13. The van der Waals surface area contributed by atoms with Gasteiger partial charge in [0.05, 0.1) is 23.8 Å². The minimum atomic E-state index is -3.00. The summed E-state index contributed by atoms with van der Waals surface area (Å²) in [6.07, 6.45) is 1.47. The second-order valence-corrected chi connectivity index (χ2v) is 11.8. The summed E-state index contributed by atoms with van der Waals surface area (Å²) in [6, 6.07) is 8.62. The Morgan fingerprint density at radius 3 is 2.48 bits per heavy atom. The molecule has 9 nitrogen and oxygen atoms in total. The monoisotopic (exact) mass is 488 g/mol. The molecule has 11 heteroatoms. The molecule has 174 valence electrons. The van der Waals surface area contributed by atoms with Crippen molar-refractivity contribution >= 4 is 44.3 Å². The SMILES string of the molecule is Cc1ccc(C(=O)N2CCN(C(=O)c3ccco3)CC2)cc1NC1=N[C@H]2CS(=O)(=O)C[C@H]2S1. The highest BCUT2D eigenvalue weighted by Crippen LogP contribution is 2.35. The van der Waals surface area contributed by atoms with E-state index in [1.807, 2.05) is 19.1 Å². The van der Waals surface area contributed by atoms with E-state index in [4.69, 9.17) is 4.42 Å². The molecule has 33 heavy (non-hydrogen) atoms. The highest BCUT2D eigenvalue weighted by atomic mass is 32.2. The fourth-order valence-corrected chi connectivity index (χ4v) is 7.94. The number of aliphatic imine (C=N–C) groups is 1. The number of piperazine rings is 1. The molecule has 1 N–H and O–H groups in total. The Hall–Kier alpha value is -2.79. The zero-order valence-electron chi connectivity index (χ0n) is 18.1. The average molecular weight is 489 g/mol. The minimum absolute atomic E-state index is 0.0391. The Bertz CT molecular complexity index is 1220. The third kappa shape index (κ3) is 4.51. The summed E-state index contributed by atoms with van der Waals surface area (Å²) in [7, 11) is -3.00. The van der Waals surface area contributed by atoms with Gasteiger partial charge < -0.3 is 19.5 Å². The van der Waals surface area contributed by atoms with Gasteiger partial charge in [-0.05, 0) is 36.8 Å². The van der Waals surface area contributed by atoms with Crippen molar-refractivity contribution < 1.29 is 22.4 Å². The Kier molecular flexibility index (Phi) is 5.69. The van der Waals surface area contributed by atoms with Crippen molar-refractivity contribution in [3.8, 4) is 0 Å². The summed E-state index contributed by atoms with van der Waals surface area (Å²) in [5.74, 6) is 0.303. The number of nitrogens with zero attached hydrogens (tertiary/aromatic N) is 3. The number of nitrogens with one attached hydrogen (secondary N) is 1. The van der Waals surface area contributed by atoms with Gasteiger partial charge in [0.15, 0.2) is 20.8 Å². The van der Waals surface area contributed by atoms with E-state index in [0.717, 1.165) is 11.3 Å². The smallest absolute Gasteiger partial charge is 0.289 e. The van der Waals surface area contributed by atoms with Gasteiger partial charge in [0, 0.05) is 42.7 Å². The number of fused-ring (bicyclic) bond motifs is 1. The molecule has 0 radical (unpaired) electrons. The van der Waals surface area contributed by atoms with Crippen LogP contribution in [0.4, 0.5) is 5.69 Å². The molecule has 0 bridgehead atoms. The van der Waals surface area contributed by atoms with E-state index in [1.165, 1.54) is 18.0 Å². The van der Waals surface area contributed by atoms with Crippen molar-refractivity contribution in [3.05, 3.63) is 53.5 Å². The van der Waals surface area contributed by atoms with Crippen LogP contribution >= 0.6 is 11.8 Å². The summed E-state index contributed by atoms with van der Waals surface area (Å²) in [5, 5.41) is 3.94. The zero-order valence-corrected chi connectivity index (χ0v) is 19.7. The molecule has 0 saturated carbocycles. The van der Waals surface area contributed by atoms with Crippen LogP contribution in [-0.2, 0) is 9.84 Å². The molecule has 0 spiro atoms. The fourth-order valence-electron chi connectivity index (χ4n) is 4.27. The van der Waals surface area contributed by atoms with Crippen LogP contribution in [0.15, 0.2) is 46.0 Å². The maximum absolute atomic E-state index is 13.1. The average Bonchev–Trinajstić information content (AvgIpc) is 3.50. The van der Waals surface area contributed by atoms with Crippen LogP contribution in [-0.4, -0.2) is 84.2 Å². The predicted molar refractivity (Wildman–Crippen MR) is 127 cm³/mol. The van der Waals surface area contributed by atoms with E-state index in [0.29, 0.717) is 42.7 Å². The number of hydrogen-bond donors (Lipinski definition) is 1. The van der Waals surface area contributed by atoms with Crippen LogP contribution in [0.1, 0.15) is 26.5 Å². The van der Waals surface area contributed by atoms with Crippen molar-refractivity contribution in [2.45, 2.75) is 18.2 Å². The second-order valence-electron chi connectivity index (χ2n) is 8.45. The molecule has 2 saturated heterocycles. The number of benzene rings is 1. The lowest BCUT2D eigenvalue weighted by Gasteiger charge is -2.34. The van der Waals surface area contributed by atoms with Crippen LogP contribution in [0.2, 0.25) is 0 Å². The zero-order chi connectivity index (χ0) is 23.2. The molecule has 2 amide bonds. The van der Waals surface area contributed by atoms with E-state index in [9.17, 15) is 18.0 Å². The number of amidine groups is 1. The lowest BCUT2D eigenvalue weighted by atomic mass is 10.1. The molecule has 1 aromatic heterocycles. The molecule has 0 unspecified atom stereocenters. The first-order chi connectivity index (χ1) is 15.8. The number of anilines is 1. The highest BCUT2D eigenvalue weighted by molar-refractivity contribution is 8.15. The van der Waals surface area contributed by atoms with E-state index in [-0.39, 0.29) is 34.6 Å². The van der Waals surface area contributed by atoms with Gasteiger partial charge in [-0.15, -0.1) is 0 Å². The molecule has 1 aromatic carbocycles. The summed E-state index contributed by atoms with van der Waals surface area (Å²) in [5.41, 5.74) is 2.30. The normalized spacial score (nSPS) is 23.8. The van der Waals surface area contributed by atoms with Crippen LogP contribution < -0.4 is 5.32 Å². The first-order valence-corrected chi connectivity index (χ1v) is 13.4. The van der Waals surface area contributed by atoms with E-state index >= 15 is 0 Å². The maximum Gasteiger partial charge on any atom is 0.289 e. The number of thioether (sulfide) groups is 1. The van der Waals surface area contributed by atoms with E-state index < -0.39 is 9.84 Å². The minimum Gasteiger partial charge on any atom is -0.459 e. The molecule has 2 fully saturated rings. The number of furan rings is 1. The largest absolute Gasteiger partial charge is 0.459 e. The van der Waals surface area contributed by atoms with Crippen LogP contribution in [0.5, 0.6) is 0 Å². The van der Waals surface area contributed by atoms with Gasteiger partial charge in [-0.2, -0.15) is 0 Å². The number of carbonyl (C=O) groups excluding carboxylic acids is 2. The van der Waals surface area contributed by atoms with Gasteiger partial charge in [0.25, 0.3) is 11.8 Å². The molecule has 5 rings (SSSR count). The van der Waals surface area contributed by atoms with Crippen molar-refractivity contribution in [2.75, 3.05) is 43.0 Å². The standard InChI is InChI=1S/C22H24N4O5S2/c1-14-4-5-15(11-16(14)23-22-24-17-12-33(29,30)13-19(17)32-22)20(27)25-6-8-26(9-7-25)21(28)18-3-2-10-31-18/h2-5,10-11,17,19H,6-9,12-13H2,1H3,(H,23,24)/t17-,19+/m0/s1. The molecular formula is C22H24N4O5S2. The van der Waals surface area contributed by atoms with Gasteiger partial charge in [-0.1, -0.05) is 17.8 Å². The van der Waals surface area contributed by atoms with Crippen molar-refractivity contribution in [1.82, 2.24) is 9.80 Å². The Morgan fingerprint density at radius 2 is 1.82 bits per heavy atom. The van der Waals surface area contributed by atoms with Gasteiger partial charge in [0.2, 0.25) is 0 Å². The Labute approximate surface area is 196 Å². The van der Waals surface area contributed by atoms with Crippen LogP contribution in [0.25, 0.3) is 0 Å². The van der Waals surface area contributed by atoms with E-state index in [2.05, 4.69) is 10.3 Å². The Balaban J connectivity index is 1.23. The predicted octanol–water partition coefficient (Wildman–Crippen LogP) is 1.87. The third-order valence-corrected chi connectivity index (χ3v) is 9.27. The van der Waals surface area contributed by atoms with Crippen molar-refractivity contribution in [3.63, 3.8) is 0 Å². The summed E-state index contributed by atoms with van der Waals surface area (Å²) in [6.45, 7) is 3.73. The van der Waals surface area contributed by atoms with Crippen molar-refractivity contribution in [1.29, 1.82) is 0 Å². The van der Waals surface area contributed by atoms with Crippen LogP contribution in [0, 0.1) is 6.92 Å². The van der Waals surface area contributed by atoms with Gasteiger partial charge in [-0.3, -0.25) is 14.6 Å². The number of rotatable bonds is 3. The molecule has 3 aliphatic heterocycles. The highest BCUT2D eigenvalue weighted by Gasteiger charge is 2.42. The molecule has 3 aliphatic rings. The van der Waals surface area contributed by atoms with Gasteiger partial charge >= 0.3 is 0 Å². The molecule has 4 heterocycles. The molecule has 2 aromatic rings.